The molecular weight excluding hydrogens is 412 g/mol. The van der Waals surface area contributed by atoms with Crippen LogP contribution in [0.1, 0.15) is 56.9 Å². The molecule has 1 aromatic carbocycles. The van der Waals surface area contributed by atoms with E-state index in [1.165, 1.54) is 5.56 Å². The van der Waals surface area contributed by atoms with Crippen molar-refractivity contribution in [2.45, 2.75) is 58.0 Å². The molecule has 4 N–H and O–H groups in total. The van der Waals surface area contributed by atoms with E-state index in [1.54, 1.807) is 0 Å². The predicted molar refractivity (Wildman–Crippen MR) is 133 cm³/mol. The van der Waals surface area contributed by atoms with Crippen LogP contribution in [-0.4, -0.2) is 39.7 Å². The van der Waals surface area contributed by atoms with Gasteiger partial charge in [0, 0.05) is 41.4 Å². The van der Waals surface area contributed by atoms with E-state index >= 15 is 0 Å². The Morgan fingerprint density at radius 1 is 1.27 bits per heavy atom. The Labute approximate surface area is 195 Å². The van der Waals surface area contributed by atoms with E-state index in [2.05, 4.69) is 52.6 Å². The third-order valence-electron chi connectivity index (χ3n) is 6.63. The van der Waals surface area contributed by atoms with Crippen molar-refractivity contribution < 1.29 is 9.90 Å². The number of amides is 1. The van der Waals surface area contributed by atoms with E-state index in [4.69, 9.17) is 0 Å². The van der Waals surface area contributed by atoms with Gasteiger partial charge in [-0.1, -0.05) is 26.0 Å². The van der Waals surface area contributed by atoms with E-state index in [0.29, 0.717) is 18.9 Å². The molecule has 4 rings (SSSR count). The van der Waals surface area contributed by atoms with Crippen molar-refractivity contribution in [1.29, 1.82) is 0 Å². The number of H-pyrrole nitrogens is 1. The van der Waals surface area contributed by atoms with Crippen LogP contribution in [0.5, 0.6) is 0 Å². The molecule has 0 saturated carbocycles. The number of nitrogens with zero attached hydrogens (tertiary/aromatic N) is 1. The van der Waals surface area contributed by atoms with E-state index in [-0.39, 0.29) is 12.5 Å². The summed E-state index contributed by atoms with van der Waals surface area (Å²) in [5.41, 5.74) is 4.72. The maximum absolute atomic E-state index is 13.2. The number of hydrogen-bond donors (Lipinski definition) is 4. The van der Waals surface area contributed by atoms with Crippen LogP contribution in [0, 0.1) is 6.92 Å². The minimum atomic E-state index is -0.965. The number of β-amino-alcohol motifs (C(OH)–C–C–N with tert-alkyl or cyclic N) is 1. The number of aromatic amines is 1. The Morgan fingerprint density at radius 2 is 2.06 bits per heavy atom. The van der Waals surface area contributed by atoms with Crippen LogP contribution in [0.15, 0.2) is 48.8 Å². The minimum Gasteiger partial charge on any atom is -0.388 e. The molecule has 1 unspecified atom stereocenters. The van der Waals surface area contributed by atoms with Crippen molar-refractivity contribution in [3.8, 4) is 11.3 Å². The molecule has 0 fully saturated rings. The number of pyridine rings is 1. The molecule has 1 amide bonds. The molecule has 3 aromatic rings. The average Bonchev–Trinajstić information content (AvgIpc) is 3.17. The Morgan fingerprint density at radius 3 is 2.73 bits per heavy atom. The predicted octanol–water partition coefficient (Wildman–Crippen LogP) is 4.29. The van der Waals surface area contributed by atoms with E-state index in [1.807, 2.05) is 51.4 Å². The van der Waals surface area contributed by atoms with Gasteiger partial charge in [0.2, 0.25) is 5.91 Å². The van der Waals surface area contributed by atoms with Crippen molar-refractivity contribution in [2.24, 2.45) is 0 Å². The number of carbonyl (C=O) groups excluding carboxylic acids is 1. The number of aryl methyl sites for hydroxylation is 1. The van der Waals surface area contributed by atoms with Crippen LogP contribution in [0.4, 0.5) is 0 Å². The smallest absolute Gasteiger partial charge is 0.230 e. The van der Waals surface area contributed by atoms with Gasteiger partial charge in [0.05, 0.1) is 11.1 Å². The monoisotopic (exact) mass is 446 g/mol. The topological polar surface area (TPSA) is 90.0 Å². The highest BCUT2D eigenvalue weighted by molar-refractivity contribution is 5.94. The summed E-state index contributed by atoms with van der Waals surface area (Å²) in [5, 5.41) is 17.8. The molecule has 1 atom stereocenters. The number of benzene rings is 1. The van der Waals surface area contributed by atoms with Crippen LogP contribution in [-0.2, 0) is 10.2 Å². The lowest BCUT2D eigenvalue weighted by Gasteiger charge is -2.32. The lowest BCUT2D eigenvalue weighted by Crippen LogP contribution is -2.52. The summed E-state index contributed by atoms with van der Waals surface area (Å²) in [5.74, 6) is 0.201. The first-order valence-corrected chi connectivity index (χ1v) is 11.6. The average molecular weight is 447 g/mol. The van der Waals surface area contributed by atoms with E-state index in [0.717, 1.165) is 33.4 Å². The van der Waals surface area contributed by atoms with Gasteiger partial charge in [-0.2, -0.15) is 0 Å². The largest absolute Gasteiger partial charge is 0.388 e. The minimum absolute atomic E-state index is 0.101. The van der Waals surface area contributed by atoms with Crippen molar-refractivity contribution >= 4 is 16.8 Å². The number of nitrogens with one attached hydrogen (secondary N) is 3. The molecular formula is C27H34N4O2. The molecule has 0 aliphatic carbocycles. The van der Waals surface area contributed by atoms with Crippen LogP contribution < -0.4 is 10.6 Å². The SMILES string of the molecule is Cc1cc(-c2[nH]c3ccc(C(C)(C)C(=O)NCC4(O)CC=CNC4)cc3c2C(C)C)ccn1. The zero-order valence-electron chi connectivity index (χ0n) is 20.1. The fourth-order valence-electron chi connectivity index (χ4n) is 4.54. The molecule has 2 aromatic heterocycles. The number of hydrogen-bond acceptors (Lipinski definition) is 4. The number of rotatable bonds is 6. The second kappa shape index (κ2) is 8.67. The highest BCUT2D eigenvalue weighted by atomic mass is 16.3. The fourth-order valence-corrected chi connectivity index (χ4v) is 4.54. The Hall–Kier alpha value is -3.12. The van der Waals surface area contributed by atoms with Crippen LogP contribution >= 0.6 is 0 Å². The maximum atomic E-state index is 13.2. The zero-order chi connectivity index (χ0) is 23.8. The highest BCUT2D eigenvalue weighted by Gasteiger charge is 2.34. The number of aliphatic hydroxyl groups is 1. The molecule has 0 radical (unpaired) electrons. The lowest BCUT2D eigenvalue weighted by molar-refractivity contribution is -0.126. The first kappa shape index (κ1) is 23.1. The van der Waals surface area contributed by atoms with Crippen molar-refractivity contribution in [2.75, 3.05) is 13.1 Å². The third kappa shape index (κ3) is 4.53. The molecule has 6 heteroatoms. The molecule has 6 nitrogen and oxygen atoms in total. The number of aromatic nitrogens is 2. The van der Waals surface area contributed by atoms with Gasteiger partial charge in [0.25, 0.3) is 0 Å². The Kier molecular flexibility index (Phi) is 6.06. The van der Waals surface area contributed by atoms with Gasteiger partial charge >= 0.3 is 0 Å². The number of carbonyl (C=O) groups is 1. The van der Waals surface area contributed by atoms with Crippen LogP contribution in [0.3, 0.4) is 0 Å². The summed E-state index contributed by atoms with van der Waals surface area (Å²) in [4.78, 5) is 21.1. The molecule has 1 aliphatic rings. The summed E-state index contributed by atoms with van der Waals surface area (Å²) in [6, 6.07) is 10.3. The van der Waals surface area contributed by atoms with Crippen molar-refractivity contribution in [1.82, 2.24) is 20.6 Å². The fraction of sp³-hybridized carbons (Fsp3) is 0.407. The molecule has 3 heterocycles. The zero-order valence-corrected chi connectivity index (χ0v) is 20.1. The third-order valence-corrected chi connectivity index (χ3v) is 6.63. The van der Waals surface area contributed by atoms with Crippen molar-refractivity contribution in [3.05, 3.63) is 65.6 Å². The van der Waals surface area contributed by atoms with Gasteiger partial charge in [0.1, 0.15) is 5.60 Å². The van der Waals surface area contributed by atoms with Gasteiger partial charge in [0.15, 0.2) is 0 Å². The van der Waals surface area contributed by atoms with E-state index < -0.39 is 11.0 Å². The molecule has 1 aliphatic heterocycles. The lowest BCUT2D eigenvalue weighted by atomic mass is 9.82. The van der Waals surface area contributed by atoms with Gasteiger partial charge in [-0.15, -0.1) is 0 Å². The molecule has 0 bridgehead atoms. The van der Waals surface area contributed by atoms with Gasteiger partial charge in [-0.25, -0.2) is 0 Å². The molecule has 0 spiro atoms. The van der Waals surface area contributed by atoms with Gasteiger partial charge < -0.3 is 20.7 Å². The number of fused-ring (bicyclic) bond motifs is 1. The van der Waals surface area contributed by atoms with Crippen LogP contribution in [0.2, 0.25) is 0 Å². The normalized spacial score (nSPS) is 18.5. The summed E-state index contributed by atoms with van der Waals surface area (Å²) in [7, 11) is 0. The Balaban J connectivity index is 1.67. The first-order valence-electron chi connectivity index (χ1n) is 11.6. The van der Waals surface area contributed by atoms with Crippen molar-refractivity contribution in [3.63, 3.8) is 0 Å². The summed E-state index contributed by atoms with van der Waals surface area (Å²) in [6.45, 7) is 10.9. The van der Waals surface area contributed by atoms with E-state index in [9.17, 15) is 9.90 Å². The molecule has 0 saturated heterocycles. The standard InChI is InChI=1S/C27H34N4O2/c1-17(2)23-21-14-20(7-8-22(21)31-24(23)19-9-12-29-18(3)13-19)26(4,5)25(32)30-16-27(33)10-6-11-28-15-27/h6-9,11-14,17,28,31,33H,10,15-16H2,1-5H3,(H,30,32). The summed E-state index contributed by atoms with van der Waals surface area (Å²) >= 11 is 0. The molecule has 174 valence electrons. The summed E-state index contributed by atoms with van der Waals surface area (Å²) in [6.07, 6.45) is 6.08. The maximum Gasteiger partial charge on any atom is 0.230 e. The first-order chi connectivity index (χ1) is 15.6. The highest BCUT2D eigenvalue weighted by Crippen LogP contribution is 2.37. The second-order valence-electron chi connectivity index (χ2n) is 10.0. The quantitative estimate of drug-likeness (QED) is 0.455. The van der Waals surface area contributed by atoms with Gasteiger partial charge in [-0.05, 0) is 74.7 Å². The second-order valence-corrected chi connectivity index (χ2v) is 10.0. The summed E-state index contributed by atoms with van der Waals surface area (Å²) < 4.78 is 0. The van der Waals surface area contributed by atoms with Crippen LogP contribution in [0.25, 0.3) is 22.2 Å². The molecule has 33 heavy (non-hydrogen) atoms. The Bertz CT molecular complexity index is 1210. The van der Waals surface area contributed by atoms with Gasteiger partial charge in [-0.3, -0.25) is 9.78 Å².